The van der Waals surface area contributed by atoms with Crippen molar-refractivity contribution >= 4 is 15.7 Å². The van der Waals surface area contributed by atoms with E-state index in [0.29, 0.717) is 13.0 Å². The highest BCUT2D eigenvalue weighted by Crippen LogP contribution is 2.30. The van der Waals surface area contributed by atoms with Crippen LogP contribution in [0.4, 0.5) is 0 Å². The number of amides is 1. The number of benzene rings is 2. The molecule has 0 fully saturated rings. The van der Waals surface area contributed by atoms with E-state index in [1.807, 2.05) is 43.3 Å². The zero-order valence-electron chi connectivity index (χ0n) is 17.9. The number of aromatic nitrogens is 1. The van der Waals surface area contributed by atoms with Gasteiger partial charge in [-0.15, -0.1) is 4.91 Å². The summed E-state index contributed by atoms with van der Waals surface area (Å²) in [5.74, 6) is -0.142. The van der Waals surface area contributed by atoms with E-state index in [1.165, 1.54) is 6.26 Å². The van der Waals surface area contributed by atoms with E-state index in [0.717, 1.165) is 28.2 Å². The average molecular weight is 456 g/mol. The minimum atomic E-state index is -3.29. The zero-order valence-corrected chi connectivity index (χ0v) is 18.8. The highest BCUT2D eigenvalue weighted by Gasteiger charge is 2.17. The van der Waals surface area contributed by atoms with Gasteiger partial charge in [0.15, 0.2) is 15.2 Å². The van der Waals surface area contributed by atoms with E-state index >= 15 is 0 Å². The summed E-state index contributed by atoms with van der Waals surface area (Å²) < 4.78 is 25.7. The Hall–Kier alpha value is -3.46. The summed E-state index contributed by atoms with van der Waals surface area (Å²) in [4.78, 5) is 27.0. The highest BCUT2D eigenvalue weighted by molar-refractivity contribution is 7.90. The number of rotatable bonds is 10. The fraction of sp³-hybridized carbons (Fsp3) is 0.261. The van der Waals surface area contributed by atoms with Crippen molar-refractivity contribution in [2.75, 3.05) is 19.4 Å². The minimum absolute atomic E-state index is 0.142. The second-order valence-corrected chi connectivity index (χ2v) is 9.41. The van der Waals surface area contributed by atoms with Gasteiger partial charge in [0.2, 0.25) is 5.91 Å². The van der Waals surface area contributed by atoms with Gasteiger partial charge in [-0.2, -0.15) is 0 Å². The molecule has 0 unspecified atom stereocenters. The van der Waals surface area contributed by atoms with Crippen molar-refractivity contribution in [3.63, 3.8) is 0 Å². The number of nitrogens with one attached hydrogen (secondary N) is 1. The van der Waals surface area contributed by atoms with Gasteiger partial charge in [-0.3, -0.25) is 4.79 Å². The molecule has 0 bridgehead atoms. The number of sulfone groups is 1. The Morgan fingerprint density at radius 2 is 1.78 bits per heavy atom. The highest BCUT2D eigenvalue weighted by atomic mass is 32.2. The molecule has 168 valence electrons. The van der Waals surface area contributed by atoms with E-state index in [-0.39, 0.29) is 23.8 Å². The lowest BCUT2D eigenvalue weighted by Gasteiger charge is -2.13. The molecule has 0 saturated heterocycles. The SMILES string of the molecule is Cc1c(CC(=O)NCCCON=O)cc(-c2ccc(S(C)(=O)=O)cc2)n1-c1ccccc1. The summed E-state index contributed by atoms with van der Waals surface area (Å²) >= 11 is 0. The molecule has 0 saturated carbocycles. The summed E-state index contributed by atoms with van der Waals surface area (Å²) in [6.07, 6.45) is 1.85. The Balaban J connectivity index is 1.91. The van der Waals surface area contributed by atoms with E-state index in [1.54, 1.807) is 24.3 Å². The Morgan fingerprint density at radius 3 is 2.41 bits per heavy atom. The lowest BCUT2D eigenvalue weighted by Crippen LogP contribution is -2.26. The van der Waals surface area contributed by atoms with Gasteiger partial charge in [0.25, 0.3) is 0 Å². The van der Waals surface area contributed by atoms with Gasteiger partial charge in [-0.05, 0) is 48.4 Å². The number of nitrogens with zero attached hydrogens (tertiary/aromatic N) is 2. The molecule has 1 amide bonds. The summed E-state index contributed by atoms with van der Waals surface area (Å²) in [5, 5.41) is 5.13. The van der Waals surface area contributed by atoms with Crippen LogP contribution in [0.1, 0.15) is 17.7 Å². The van der Waals surface area contributed by atoms with Gasteiger partial charge in [-0.1, -0.05) is 30.3 Å². The first-order valence-corrected chi connectivity index (χ1v) is 12.0. The maximum atomic E-state index is 12.4. The quantitative estimate of drug-likeness (QED) is 0.286. The average Bonchev–Trinajstić information content (AvgIpc) is 3.09. The molecule has 3 aromatic rings. The molecule has 8 nitrogen and oxygen atoms in total. The largest absolute Gasteiger partial charge is 0.364 e. The molecular formula is C23H25N3O5S. The summed E-state index contributed by atoms with van der Waals surface area (Å²) in [5.41, 5.74) is 4.43. The first-order valence-electron chi connectivity index (χ1n) is 10.1. The first-order chi connectivity index (χ1) is 15.3. The maximum Gasteiger partial charge on any atom is 0.224 e. The van der Waals surface area contributed by atoms with Crippen molar-refractivity contribution in [1.29, 1.82) is 0 Å². The summed E-state index contributed by atoms with van der Waals surface area (Å²) in [7, 11) is -3.29. The van der Waals surface area contributed by atoms with Crippen molar-refractivity contribution in [1.82, 2.24) is 9.88 Å². The molecule has 0 aliphatic rings. The summed E-state index contributed by atoms with van der Waals surface area (Å²) in [6, 6.07) is 18.4. The van der Waals surface area contributed by atoms with Crippen molar-refractivity contribution in [2.45, 2.75) is 24.7 Å². The molecule has 9 heteroatoms. The molecule has 0 radical (unpaired) electrons. The van der Waals surface area contributed by atoms with Crippen LogP contribution in [0.15, 0.2) is 70.9 Å². The predicted molar refractivity (Wildman–Crippen MR) is 122 cm³/mol. The molecule has 1 heterocycles. The van der Waals surface area contributed by atoms with Crippen LogP contribution in [-0.2, 0) is 25.9 Å². The number of para-hydroxylation sites is 1. The van der Waals surface area contributed by atoms with Gasteiger partial charge < -0.3 is 14.7 Å². The molecule has 0 aliphatic carbocycles. The van der Waals surface area contributed by atoms with Gasteiger partial charge in [-0.25, -0.2) is 8.42 Å². The van der Waals surface area contributed by atoms with Crippen molar-refractivity contribution in [3.05, 3.63) is 76.8 Å². The monoisotopic (exact) mass is 455 g/mol. The van der Waals surface area contributed by atoms with Crippen LogP contribution >= 0.6 is 0 Å². The van der Waals surface area contributed by atoms with E-state index in [4.69, 9.17) is 0 Å². The third kappa shape index (κ3) is 5.61. The van der Waals surface area contributed by atoms with Crippen LogP contribution < -0.4 is 5.32 Å². The molecule has 0 spiro atoms. The van der Waals surface area contributed by atoms with Crippen LogP contribution in [0, 0.1) is 11.8 Å². The Morgan fingerprint density at radius 1 is 1.09 bits per heavy atom. The molecule has 3 rings (SSSR count). The number of carbonyl (C=O) groups is 1. The van der Waals surface area contributed by atoms with Crippen molar-refractivity contribution < 1.29 is 18.0 Å². The predicted octanol–water partition coefficient (Wildman–Crippen LogP) is 3.60. The maximum absolute atomic E-state index is 12.4. The number of hydrogen-bond donors (Lipinski definition) is 1. The van der Waals surface area contributed by atoms with E-state index < -0.39 is 9.84 Å². The van der Waals surface area contributed by atoms with Crippen LogP contribution in [-0.4, -0.2) is 38.3 Å². The van der Waals surface area contributed by atoms with Crippen LogP contribution in [0.25, 0.3) is 16.9 Å². The second kappa shape index (κ2) is 10.2. The van der Waals surface area contributed by atoms with E-state index in [2.05, 4.69) is 20.1 Å². The minimum Gasteiger partial charge on any atom is -0.364 e. The fourth-order valence-corrected chi connectivity index (χ4v) is 4.10. The van der Waals surface area contributed by atoms with Crippen LogP contribution in [0.2, 0.25) is 0 Å². The Labute approximate surface area is 187 Å². The molecular weight excluding hydrogens is 430 g/mol. The third-order valence-electron chi connectivity index (χ3n) is 5.08. The summed E-state index contributed by atoms with van der Waals surface area (Å²) in [6.45, 7) is 2.49. The third-order valence-corrected chi connectivity index (χ3v) is 6.21. The van der Waals surface area contributed by atoms with Gasteiger partial charge >= 0.3 is 0 Å². The molecule has 0 aliphatic heterocycles. The smallest absolute Gasteiger partial charge is 0.224 e. The van der Waals surface area contributed by atoms with E-state index in [9.17, 15) is 18.1 Å². The topological polar surface area (TPSA) is 107 Å². The molecule has 1 aromatic heterocycles. The second-order valence-electron chi connectivity index (χ2n) is 7.40. The van der Waals surface area contributed by atoms with Gasteiger partial charge in [0, 0.05) is 30.6 Å². The zero-order chi connectivity index (χ0) is 23.1. The molecule has 2 aromatic carbocycles. The lowest BCUT2D eigenvalue weighted by atomic mass is 10.1. The number of hydrogen-bond acceptors (Lipinski definition) is 6. The van der Waals surface area contributed by atoms with Gasteiger partial charge in [0.05, 0.1) is 17.0 Å². The van der Waals surface area contributed by atoms with Crippen LogP contribution in [0.3, 0.4) is 0 Å². The Bertz CT molecular complexity index is 1190. The van der Waals surface area contributed by atoms with Crippen molar-refractivity contribution in [2.24, 2.45) is 5.34 Å². The van der Waals surface area contributed by atoms with Gasteiger partial charge in [0.1, 0.15) is 6.61 Å². The Kier molecular flexibility index (Phi) is 7.42. The fourth-order valence-electron chi connectivity index (χ4n) is 3.47. The van der Waals surface area contributed by atoms with Crippen molar-refractivity contribution in [3.8, 4) is 16.9 Å². The molecule has 0 atom stereocenters. The molecule has 1 N–H and O–H groups in total. The first kappa shape index (κ1) is 23.2. The standard InChI is InChI=1S/C23H25N3O5S/c1-17-19(16-23(27)24-13-6-14-31-25-28)15-22(26(17)20-7-4-3-5-8-20)18-9-11-21(12-10-18)32(2,29)30/h3-5,7-12,15H,6,13-14,16H2,1-2H3,(H,24,27). The van der Waals surface area contributed by atoms with Crippen LogP contribution in [0.5, 0.6) is 0 Å². The lowest BCUT2D eigenvalue weighted by molar-refractivity contribution is -0.120. The normalized spacial score (nSPS) is 11.2. The molecule has 32 heavy (non-hydrogen) atoms. The number of carbonyl (C=O) groups excluding carboxylic acids is 1.